The predicted molar refractivity (Wildman–Crippen MR) is 80.0 cm³/mol. The second-order valence-electron chi connectivity index (χ2n) is 5.70. The third kappa shape index (κ3) is 5.46. The van der Waals surface area contributed by atoms with Crippen LogP contribution in [0, 0.1) is 0 Å². The van der Waals surface area contributed by atoms with Crippen LogP contribution in [0.25, 0.3) is 0 Å². The lowest BCUT2D eigenvalue weighted by Gasteiger charge is -2.18. The Hall–Kier alpha value is -1.14. The van der Waals surface area contributed by atoms with Gasteiger partial charge in [0.2, 0.25) is 0 Å². The Bertz CT molecular complexity index is 607. The Labute approximate surface area is 124 Å². The number of nitrogens with one attached hydrogen (secondary N) is 1. The SMILES string of the molecule is CC(C)(C)c1cc(C(=O)NCCS(C)(=O)=O)cc(Cl)n1. The lowest BCUT2D eigenvalue weighted by atomic mass is 9.91. The second-order valence-corrected chi connectivity index (χ2v) is 8.35. The van der Waals surface area contributed by atoms with Crippen molar-refractivity contribution in [3.8, 4) is 0 Å². The van der Waals surface area contributed by atoms with E-state index in [0.29, 0.717) is 11.3 Å². The zero-order valence-corrected chi connectivity index (χ0v) is 13.6. The average molecular weight is 319 g/mol. The van der Waals surface area contributed by atoms with Crippen LogP contribution in [0.1, 0.15) is 36.8 Å². The zero-order valence-electron chi connectivity index (χ0n) is 12.0. The molecule has 0 saturated heterocycles. The summed E-state index contributed by atoms with van der Waals surface area (Å²) in [7, 11) is -3.09. The van der Waals surface area contributed by atoms with Gasteiger partial charge in [-0.1, -0.05) is 32.4 Å². The molecule has 1 amide bonds. The van der Waals surface area contributed by atoms with Gasteiger partial charge < -0.3 is 5.32 Å². The molecule has 20 heavy (non-hydrogen) atoms. The number of amides is 1. The van der Waals surface area contributed by atoms with Gasteiger partial charge in [0.15, 0.2) is 0 Å². The third-order valence-electron chi connectivity index (χ3n) is 2.58. The molecule has 0 saturated carbocycles. The third-order valence-corrected chi connectivity index (χ3v) is 3.72. The first-order chi connectivity index (χ1) is 8.99. The highest BCUT2D eigenvalue weighted by Gasteiger charge is 2.19. The van der Waals surface area contributed by atoms with Gasteiger partial charge in [0, 0.05) is 29.5 Å². The first-order valence-corrected chi connectivity index (χ1v) is 8.57. The molecule has 1 N–H and O–H groups in total. The van der Waals surface area contributed by atoms with Crippen LogP contribution < -0.4 is 5.32 Å². The smallest absolute Gasteiger partial charge is 0.251 e. The number of carbonyl (C=O) groups excluding carboxylic acids is 1. The van der Waals surface area contributed by atoms with Gasteiger partial charge in [0.1, 0.15) is 15.0 Å². The lowest BCUT2D eigenvalue weighted by molar-refractivity contribution is 0.0956. The second kappa shape index (κ2) is 6.10. The quantitative estimate of drug-likeness (QED) is 0.859. The van der Waals surface area contributed by atoms with Crippen molar-refractivity contribution >= 4 is 27.3 Å². The maximum absolute atomic E-state index is 12.0. The van der Waals surface area contributed by atoms with Gasteiger partial charge in [-0.05, 0) is 12.1 Å². The van der Waals surface area contributed by atoms with Crippen molar-refractivity contribution in [2.75, 3.05) is 18.6 Å². The van der Waals surface area contributed by atoms with Gasteiger partial charge in [-0.2, -0.15) is 0 Å². The van der Waals surface area contributed by atoms with Crippen LogP contribution >= 0.6 is 11.6 Å². The van der Waals surface area contributed by atoms with E-state index >= 15 is 0 Å². The fourth-order valence-electron chi connectivity index (χ4n) is 1.46. The average Bonchev–Trinajstić information content (AvgIpc) is 2.25. The van der Waals surface area contributed by atoms with Crippen LogP contribution in [0.5, 0.6) is 0 Å². The summed E-state index contributed by atoms with van der Waals surface area (Å²) in [5.41, 5.74) is 0.855. The lowest BCUT2D eigenvalue weighted by Crippen LogP contribution is -2.29. The normalized spacial score (nSPS) is 12.2. The number of pyridine rings is 1. The van der Waals surface area contributed by atoms with E-state index in [1.54, 1.807) is 6.07 Å². The van der Waals surface area contributed by atoms with Crippen LogP contribution in [0.4, 0.5) is 0 Å². The standard InChI is InChI=1S/C13H19ClN2O3S/c1-13(2,3)10-7-9(8-11(14)16-10)12(17)15-5-6-20(4,18)19/h7-8H,5-6H2,1-4H3,(H,15,17). The summed E-state index contributed by atoms with van der Waals surface area (Å²) in [6.45, 7) is 5.98. The van der Waals surface area contributed by atoms with E-state index < -0.39 is 9.84 Å². The number of nitrogens with zero attached hydrogens (tertiary/aromatic N) is 1. The topological polar surface area (TPSA) is 76.1 Å². The molecular formula is C13H19ClN2O3S. The number of hydrogen-bond acceptors (Lipinski definition) is 4. The van der Waals surface area contributed by atoms with E-state index in [2.05, 4.69) is 10.3 Å². The minimum absolute atomic E-state index is 0.0719. The molecule has 0 aliphatic rings. The van der Waals surface area contributed by atoms with E-state index in [1.165, 1.54) is 6.07 Å². The molecule has 112 valence electrons. The fraction of sp³-hybridized carbons (Fsp3) is 0.538. The molecule has 1 aromatic heterocycles. The van der Waals surface area contributed by atoms with Crippen molar-refractivity contribution < 1.29 is 13.2 Å². The maximum atomic E-state index is 12.0. The molecule has 0 atom stereocenters. The first kappa shape index (κ1) is 16.9. The van der Waals surface area contributed by atoms with Crippen molar-refractivity contribution in [2.45, 2.75) is 26.2 Å². The highest BCUT2D eigenvalue weighted by Crippen LogP contribution is 2.23. The Balaban J connectivity index is 2.86. The molecule has 0 bridgehead atoms. The van der Waals surface area contributed by atoms with Crippen molar-refractivity contribution in [2.24, 2.45) is 0 Å². The molecule has 5 nitrogen and oxygen atoms in total. The summed E-state index contributed by atoms with van der Waals surface area (Å²) >= 11 is 5.92. The Morgan fingerprint density at radius 3 is 2.45 bits per heavy atom. The van der Waals surface area contributed by atoms with Crippen LogP contribution in [0.3, 0.4) is 0 Å². The number of sulfone groups is 1. The molecule has 0 aliphatic carbocycles. The van der Waals surface area contributed by atoms with Crippen molar-refractivity contribution in [1.29, 1.82) is 0 Å². The van der Waals surface area contributed by atoms with Gasteiger partial charge in [-0.25, -0.2) is 13.4 Å². The summed E-state index contributed by atoms with van der Waals surface area (Å²) in [5, 5.41) is 2.80. The largest absolute Gasteiger partial charge is 0.351 e. The van der Waals surface area contributed by atoms with Gasteiger partial charge in [0.25, 0.3) is 5.91 Å². The van der Waals surface area contributed by atoms with E-state index in [9.17, 15) is 13.2 Å². The van der Waals surface area contributed by atoms with Gasteiger partial charge in [-0.3, -0.25) is 4.79 Å². The summed E-state index contributed by atoms with van der Waals surface area (Å²) in [5.74, 6) is -0.451. The van der Waals surface area contributed by atoms with Gasteiger partial charge in [-0.15, -0.1) is 0 Å². The molecule has 0 spiro atoms. The number of hydrogen-bond donors (Lipinski definition) is 1. The van der Waals surface area contributed by atoms with Crippen molar-refractivity contribution in [3.05, 3.63) is 28.5 Å². The van der Waals surface area contributed by atoms with Crippen LogP contribution in [-0.2, 0) is 15.3 Å². The molecule has 7 heteroatoms. The molecule has 0 aliphatic heterocycles. The number of rotatable bonds is 4. The summed E-state index contributed by atoms with van der Waals surface area (Å²) in [6.07, 6.45) is 1.13. The summed E-state index contributed by atoms with van der Waals surface area (Å²) in [6, 6.07) is 3.13. The summed E-state index contributed by atoms with van der Waals surface area (Å²) in [4.78, 5) is 16.2. The fourth-order valence-corrected chi connectivity index (χ4v) is 2.15. The molecule has 1 rings (SSSR count). The van der Waals surface area contributed by atoms with Gasteiger partial charge in [0.05, 0.1) is 5.75 Å². The Morgan fingerprint density at radius 2 is 1.95 bits per heavy atom. The molecule has 1 heterocycles. The minimum atomic E-state index is -3.09. The predicted octanol–water partition coefficient (Wildman–Crippen LogP) is 1.81. The molecule has 0 aromatic carbocycles. The molecule has 1 aromatic rings. The van der Waals surface area contributed by atoms with E-state index in [0.717, 1.165) is 6.26 Å². The minimum Gasteiger partial charge on any atom is -0.351 e. The molecular weight excluding hydrogens is 300 g/mol. The molecule has 0 unspecified atom stereocenters. The highest BCUT2D eigenvalue weighted by atomic mass is 35.5. The maximum Gasteiger partial charge on any atom is 0.251 e. The van der Waals surface area contributed by atoms with Crippen molar-refractivity contribution in [3.63, 3.8) is 0 Å². The van der Waals surface area contributed by atoms with Crippen LogP contribution in [0.2, 0.25) is 5.15 Å². The molecule has 0 fully saturated rings. The zero-order chi connectivity index (χ0) is 15.6. The number of halogens is 1. The van der Waals surface area contributed by atoms with Gasteiger partial charge >= 0.3 is 0 Å². The Kier molecular flexibility index (Phi) is 5.15. The van der Waals surface area contributed by atoms with E-state index in [4.69, 9.17) is 11.6 Å². The Morgan fingerprint density at radius 1 is 1.35 bits per heavy atom. The van der Waals surface area contributed by atoms with E-state index in [-0.39, 0.29) is 28.8 Å². The first-order valence-electron chi connectivity index (χ1n) is 6.13. The van der Waals surface area contributed by atoms with E-state index in [1.807, 2.05) is 20.8 Å². The van der Waals surface area contributed by atoms with Crippen LogP contribution in [-0.4, -0.2) is 37.9 Å². The molecule has 0 radical (unpaired) electrons. The van der Waals surface area contributed by atoms with Crippen molar-refractivity contribution in [1.82, 2.24) is 10.3 Å². The number of aromatic nitrogens is 1. The highest BCUT2D eigenvalue weighted by molar-refractivity contribution is 7.90. The summed E-state index contributed by atoms with van der Waals surface area (Å²) < 4.78 is 22.0. The monoisotopic (exact) mass is 318 g/mol. The number of carbonyl (C=O) groups is 1. The van der Waals surface area contributed by atoms with Crippen LogP contribution in [0.15, 0.2) is 12.1 Å².